The molecule has 6 nitrogen and oxygen atoms in total. The molecule has 1 aliphatic rings. The first-order valence-electron chi connectivity index (χ1n) is 9.58. The van der Waals surface area contributed by atoms with Crippen molar-refractivity contribution in [3.63, 3.8) is 0 Å². The Labute approximate surface area is 193 Å². The van der Waals surface area contributed by atoms with Crippen LogP contribution < -0.4 is 4.90 Å². The minimum absolute atomic E-state index is 0.0212. The molecule has 3 aromatic rings. The fourth-order valence-electron chi connectivity index (χ4n) is 3.31. The molecule has 1 fully saturated rings. The highest BCUT2D eigenvalue weighted by atomic mass is 35.5. The number of hydrogen-bond donors (Lipinski definition) is 0. The van der Waals surface area contributed by atoms with Crippen LogP contribution in [0.2, 0.25) is 9.36 Å². The summed E-state index contributed by atoms with van der Waals surface area (Å²) in [6, 6.07) is 11.4. The molecule has 30 heavy (non-hydrogen) atoms. The Bertz CT molecular complexity index is 1030. The van der Waals surface area contributed by atoms with Crippen LogP contribution in [0.3, 0.4) is 0 Å². The summed E-state index contributed by atoms with van der Waals surface area (Å²) in [7, 11) is 1.80. The zero-order chi connectivity index (χ0) is 21.1. The number of halogens is 2. The highest BCUT2D eigenvalue weighted by Gasteiger charge is 2.23. The lowest BCUT2D eigenvalue weighted by atomic mass is 10.3. The van der Waals surface area contributed by atoms with E-state index in [9.17, 15) is 4.79 Å². The molecule has 158 valence electrons. The number of aromatic nitrogens is 3. The lowest BCUT2D eigenvalue weighted by molar-refractivity contribution is -0.127. The standard InChI is InChI=1S/C20H21Cl2N5OS2/c1-25(12-16-7-8-17(22)30-16)18(28)13-29-20-24-23-19(26-9-2-3-10-26)27(20)15-6-4-5-14(21)11-15/h4-8,11H,2-3,9-10,12-13H2,1H3. The van der Waals surface area contributed by atoms with Gasteiger partial charge in [-0.05, 0) is 43.2 Å². The quantitative estimate of drug-likeness (QED) is 0.445. The predicted molar refractivity (Wildman–Crippen MR) is 124 cm³/mol. The van der Waals surface area contributed by atoms with E-state index in [2.05, 4.69) is 15.1 Å². The molecule has 0 saturated carbocycles. The van der Waals surface area contributed by atoms with Crippen LogP contribution in [0, 0.1) is 0 Å². The van der Waals surface area contributed by atoms with Crippen molar-refractivity contribution in [2.75, 3.05) is 30.8 Å². The van der Waals surface area contributed by atoms with Gasteiger partial charge in [0.15, 0.2) is 5.16 Å². The summed E-state index contributed by atoms with van der Waals surface area (Å²) in [5.41, 5.74) is 0.894. The maximum atomic E-state index is 12.7. The van der Waals surface area contributed by atoms with Crippen LogP contribution in [0.5, 0.6) is 0 Å². The minimum Gasteiger partial charge on any atom is -0.341 e. The second kappa shape index (κ2) is 9.60. The predicted octanol–water partition coefficient (Wildman–Crippen LogP) is 4.99. The van der Waals surface area contributed by atoms with Crippen molar-refractivity contribution in [1.29, 1.82) is 0 Å². The normalized spacial score (nSPS) is 13.8. The Morgan fingerprint density at radius 3 is 2.70 bits per heavy atom. The summed E-state index contributed by atoms with van der Waals surface area (Å²) < 4.78 is 2.72. The number of benzene rings is 1. The van der Waals surface area contributed by atoms with Crippen molar-refractivity contribution in [1.82, 2.24) is 19.7 Å². The molecule has 1 aromatic carbocycles. The van der Waals surface area contributed by atoms with E-state index in [0.717, 1.165) is 46.8 Å². The zero-order valence-electron chi connectivity index (χ0n) is 16.4. The summed E-state index contributed by atoms with van der Waals surface area (Å²) in [6.07, 6.45) is 2.28. The Morgan fingerprint density at radius 2 is 2.00 bits per heavy atom. The van der Waals surface area contributed by atoms with E-state index in [1.165, 1.54) is 23.1 Å². The molecule has 3 heterocycles. The Hall–Kier alpha value is -1.74. The van der Waals surface area contributed by atoms with Crippen molar-refractivity contribution in [3.05, 3.63) is 50.6 Å². The molecule has 2 aromatic heterocycles. The Kier molecular flexibility index (Phi) is 6.87. The highest BCUT2D eigenvalue weighted by molar-refractivity contribution is 7.99. The summed E-state index contributed by atoms with van der Waals surface area (Å²) in [6.45, 7) is 2.44. The molecule has 1 saturated heterocycles. The molecule has 0 radical (unpaired) electrons. The Balaban J connectivity index is 1.51. The minimum atomic E-state index is 0.0212. The smallest absolute Gasteiger partial charge is 0.233 e. The van der Waals surface area contributed by atoms with Crippen LogP contribution in [0.4, 0.5) is 5.95 Å². The molecule has 0 unspecified atom stereocenters. The first kappa shape index (κ1) is 21.5. The van der Waals surface area contributed by atoms with Crippen molar-refractivity contribution >= 4 is 58.2 Å². The molecule has 0 aliphatic carbocycles. The summed E-state index contributed by atoms with van der Waals surface area (Å²) in [5.74, 6) is 1.09. The van der Waals surface area contributed by atoms with E-state index in [1.807, 2.05) is 41.0 Å². The number of carbonyl (C=O) groups excluding carboxylic acids is 1. The maximum absolute atomic E-state index is 12.7. The van der Waals surface area contributed by atoms with Crippen LogP contribution in [0.15, 0.2) is 41.6 Å². The number of nitrogens with zero attached hydrogens (tertiary/aromatic N) is 5. The van der Waals surface area contributed by atoms with Crippen molar-refractivity contribution < 1.29 is 4.79 Å². The fourth-order valence-corrected chi connectivity index (χ4v) is 5.53. The van der Waals surface area contributed by atoms with E-state index in [4.69, 9.17) is 23.2 Å². The third-order valence-corrected chi connectivity index (χ3v) is 7.21. The van der Waals surface area contributed by atoms with Gasteiger partial charge in [-0.25, -0.2) is 0 Å². The lowest BCUT2D eigenvalue weighted by Crippen LogP contribution is -2.27. The number of amides is 1. The zero-order valence-corrected chi connectivity index (χ0v) is 19.6. The van der Waals surface area contributed by atoms with Gasteiger partial charge in [0.2, 0.25) is 11.9 Å². The van der Waals surface area contributed by atoms with Crippen molar-refractivity contribution in [2.24, 2.45) is 0 Å². The van der Waals surface area contributed by atoms with Gasteiger partial charge in [-0.15, -0.1) is 21.5 Å². The van der Waals surface area contributed by atoms with Gasteiger partial charge in [0.05, 0.1) is 22.3 Å². The topological polar surface area (TPSA) is 54.3 Å². The number of anilines is 1. The van der Waals surface area contributed by atoms with Gasteiger partial charge in [0.25, 0.3) is 0 Å². The molecule has 0 spiro atoms. The summed E-state index contributed by atoms with van der Waals surface area (Å²) >= 11 is 15.1. The van der Waals surface area contributed by atoms with Crippen molar-refractivity contribution in [3.8, 4) is 5.69 Å². The van der Waals surface area contributed by atoms with Crippen LogP contribution >= 0.6 is 46.3 Å². The van der Waals surface area contributed by atoms with Crippen molar-refractivity contribution in [2.45, 2.75) is 24.5 Å². The molecule has 0 atom stereocenters. The monoisotopic (exact) mass is 481 g/mol. The van der Waals surface area contributed by atoms with E-state index in [0.29, 0.717) is 16.7 Å². The van der Waals surface area contributed by atoms with Gasteiger partial charge in [-0.2, -0.15) is 0 Å². The molecular formula is C20H21Cl2N5OS2. The van der Waals surface area contributed by atoms with Crippen LogP contribution in [0.25, 0.3) is 5.69 Å². The third kappa shape index (κ3) is 4.94. The highest BCUT2D eigenvalue weighted by Crippen LogP contribution is 2.30. The van der Waals surface area contributed by atoms with E-state index < -0.39 is 0 Å². The van der Waals surface area contributed by atoms with Gasteiger partial charge in [-0.1, -0.05) is 41.0 Å². The third-order valence-electron chi connectivity index (χ3n) is 4.84. The van der Waals surface area contributed by atoms with Crippen LogP contribution in [-0.4, -0.2) is 51.5 Å². The van der Waals surface area contributed by atoms with Gasteiger partial charge in [0.1, 0.15) is 0 Å². The van der Waals surface area contributed by atoms with Gasteiger partial charge < -0.3 is 9.80 Å². The van der Waals surface area contributed by atoms with E-state index in [1.54, 1.807) is 11.9 Å². The summed E-state index contributed by atoms with van der Waals surface area (Å²) in [5, 5.41) is 10.2. The fraction of sp³-hybridized carbons (Fsp3) is 0.350. The number of thiophene rings is 1. The molecule has 0 N–H and O–H groups in total. The number of hydrogen-bond acceptors (Lipinski definition) is 6. The second-order valence-electron chi connectivity index (χ2n) is 7.04. The largest absolute Gasteiger partial charge is 0.341 e. The first-order chi connectivity index (χ1) is 14.5. The molecular weight excluding hydrogens is 461 g/mol. The molecule has 4 rings (SSSR count). The molecule has 1 amide bonds. The molecule has 1 aliphatic heterocycles. The number of thioether (sulfide) groups is 1. The lowest BCUT2D eigenvalue weighted by Gasteiger charge is -2.19. The maximum Gasteiger partial charge on any atom is 0.233 e. The number of carbonyl (C=O) groups is 1. The van der Waals surface area contributed by atoms with Gasteiger partial charge >= 0.3 is 0 Å². The summed E-state index contributed by atoms with van der Waals surface area (Å²) in [4.78, 5) is 17.7. The number of rotatable bonds is 7. The van der Waals surface area contributed by atoms with E-state index >= 15 is 0 Å². The average molecular weight is 482 g/mol. The first-order valence-corrected chi connectivity index (χ1v) is 12.1. The van der Waals surface area contributed by atoms with Gasteiger partial charge in [-0.3, -0.25) is 9.36 Å². The Morgan fingerprint density at radius 1 is 1.20 bits per heavy atom. The van der Waals surface area contributed by atoms with Crippen LogP contribution in [0.1, 0.15) is 17.7 Å². The van der Waals surface area contributed by atoms with E-state index in [-0.39, 0.29) is 11.7 Å². The second-order valence-corrected chi connectivity index (χ2v) is 10.2. The average Bonchev–Trinajstić information content (AvgIpc) is 3.46. The SMILES string of the molecule is CN(Cc1ccc(Cl)s1)C(=O)CSc1nnc(N2CCCC2)n1-c1cccc(Cl)c1. The molecule has 0 bridgehead atoms. The van der Waals surface area contributed by atoms with Crippen LogP contribution in [-0.2, 0) is 11.3 Å². The molecule has 10 heteroatoms. The van der Waals surface area contributed by atoms with Gasteiger partial charge in [0, 0.05) is 30.0 Å².